The van der Waals surface area contributed by atoms with Crippen LogP contribution in [0.3, 0.4) is 0 Å². The van der Waals surface area contributed by atoms with Gasteiger partial charge < -0.3 is 9.64 Å². The van der Waals surface area contributed by atoms with Crippen molar-refractivity contribution in [2.75, 3.05) is 4.90 Å². The van der Waals surface area contributed by atoms with Crippen LogP contribution in [0.5, 0.6) is 11.5 Å². The summed E-state index contributed by atoms with van der Waals surface area (Å²) in [5, 5.41) is 0. The molecule has 10 aromatic rings. The number of benzene rings is 10. The second kappa shape index (κ2) is 15.7. The Balaban J connectivity index is 1.04. The normalized spacial score (nSPS) is 16.5. The highest BCUT2D eigenvalue weighted by Gasteiger charge is 2.52. The Morgan fingerprint density at radius 1 is 0.414 bits per heavy atom. The summed E-state index contributed by atoms with van der Waals surface area (Å²) in [5.74, 6) is -0.971. The molecule has 70 heavy (non-hydrogen) atoms. The fourth-order valence-corrected chi connectivity index (χ4v) is 12.0. The average Bonchev–Trinajstić information content (AvgIpc) is 3.98. The number of ether oxygens (including phenoxy) is 1. The van der Waals surface area contributed by atoms with Gasteiger partial charge in [0.15, 0.2) is 11.6 Å². The van der Waals surface area contributed by atoms with Gasteiger partial charge in [0, 0.05) is 22.6 Å². The van der Waals surface area contributed by atoms with Crippen molar-refractivity contribution < 1.29 is 17.9 Å². The van der Waals surface area contributed by atoms with Gasteiger partial charge in [-0.3, -0.25) is 0 Å². The molecule has 2 nitrogen and oxygen atoms in total. The minimum absolute atomic E-state index is 0.184. The molecule has 2 atom stereocenters. The molecule has 3 aliphatic carbocycles. The van der Waals surface area contributed by atoms with E-state index in [2.05, 4.69) is 122 Å². The van der Waals surface area contributed by atoms with Crippen LogP contribution in [-0.4, -0.2) is 0 Å². The number of nitrogens with zero attached hydrogens (tertiary/aromatic N) is 1. The molecule has 1 spiro atoms. The number of hydrogen-bond donors (Lipinski definition) is 0. The van der Waals surface area contributed by atoms with E-state index in [0.717, 1.165) is 67.6 Å². The van der Waals surface area contributed by atoms with Crippen LogP contribution in [0.25, 0.3) is 39.5 Å². The van der Waals surface area contributed by atoms with E-state index in [0.29, 0.717) is 11.5 Å². The summed E-state index contributed by atoms with van der Waals surface area (Å²) >= 11 is 0. The van der Waals surface area contributed by atoms with E-state index < -0.39 is 22.5 Å². The first kappa shape index (κ1) is 41.5. The van der Waals surface area contributed by atoms with E-state index in [1.807, 2.05) is 72.8 Å². The molecule has 5 heteroatoms. The van der Waals surface area contributed by atoms with Crippen LogP contribution in [-0.2, 0) is 10.8 Å². The fraction of sp³-hybridized carbons (Fsp3) is 0.0462. The first-order valence-corrected chi connectivity index (χ1v) is 23.5. The van der Waals surface area contributed by atoms with Gasteiger partial charge in [-0.25, -0.2) is 13.2 Å². The van der Waals surface area contributed by atoms with Crippen molar-refractivity contribution in [2.24, 2.45) is 0 Å². The summed E-state index contributed by atoms with van der Waals surface area (Å²) in [7, 11) is 0. The third-order valence-corrected chi connectivity index (χ3v) is 14.9. The summed E-state index contributed by atoms with van der Waals surface area (Å²) in [4.78, 5) is 2.15. The van der Waals surface area contributed by atoms with Gasteiger partial charge in [-0.15, -0.1) is 0 Å². The molecule has 0 radical (unpaired) electrons. The van der Waals surface area contributed by atoms with Crippen molar-refractivity contribution in [1.29, 1.82) is 0 Å². The maximum Gasteiger partial charge on any atom is 0.163 e. The molecule has 0 aliphatic heterocycles. The maximum absolute atomic E-state index is 17.0. The van der Waals surface area contributed by atoms with Gasteiger partial charge in [-0.05, 0) is 164 Å². The van der Waals surface area contributed by atoms with Gasteiger partial charge in [0.2, 0.25) is 0 Å². The Bertz CT molecular complexity index is 3750. The van der Waals surface area contributed by atoms with E-state index in [4.69, 9.17) is 4.74 Å². The topological polar surface area (TPSA) is 12.5 Å². The van der Waals surface area contributed by atoms with Gasteiger partial charge in [-0.1, -0.05) is 158 Å². The number of hydrogen-bond acceptors (Lipinski definition) is 2. The predicted molar refractivity (Wildman–Crippen MR) is 276 cm³/mol. The van der Waals surface area contributed by atoms with Crippen LogP contribution in [0.4, 0.5) is 30.2 Å². The first-order valence-electron chi connectivity index (χ1n) is 23.5. The third-order valence-electron chi connectivity index (χ3n) is 14.9. The number of fused-ring (bicyclic) bond motifs is 13. The van der Waals surface area contributed by atoms with Crippen LogP contribution < -0.4 is 9.64 Å². The van der Waals surface area contributed by atoms with Crippen LogP contribution in [0.2, 0.25) is 0 Å². The second-order valence-electron chi connectivity index (χ2n) is 18.5. The maximum atomic E-state index is 17.0. The Morgan fingerprint density at radius 2 is 0.871 bits per heavy atom. The standard InChI is InChI=1S/C65H42F3NO/c1-3-41-20-30-47(31-21-41)70-48-32-22-42(23-33-48)64(58-17-10-18-62(67)63(58)68)55-14-7-4-11-49(55)53-35-28-45(38-60(53)64)69(44-26-24-43(66)25-27-44)46-29-36-54-51-13-6-9-16-57(51)65(61(54)39-46)56-15-8-5-12-50(56)52-34-19-40(2)37-59(52)65/h3-39H,1H2,2H3. The Kier molecular flexibility index (Phi) is 9.31. The minimum atomic E-state index is -1.31. The molecule has 0 fully saturated rings. The molecule has 3 aliphatic rings. The van der Waals surface area contributed by atoms with Crippen LogP contribution in [0.1, 0.15) is 55.6 Å². The zero-order chi connectivity index (χ0) is 47.3. The van der Waals surface area contributed by atoms with E-state index in [1.165, 1.54) is 51.1 Å². The van der Waals surface area contributed by atoms with Gasteiger partial charge >= 0.3 is 0 Å². The van der Waals surface area contributed by atoms with Crippen molar-refractivity contribution in [3.8, 4) is 44.9 Å². The smallest absolute Gasteiger partial charge is 0.163 e. The van der Waals surface area contributed by atoms with Gasteiger partial charge in [0.25, 0.3) is 0 Å². The van der Waals surface area contributed by atoms with Gasteiger partial charge in [-0.2, -0.15) is 0 Å². The molecular weight excluding hydrogens is 868 g/mol. The van der Waals surface area contributed by atoms with Gasteiger partial charge in [0.05, 0.1) is 10.8 Å². The lowest BCUT2D eigenvalue weighted by molar-refractivity contribution is 0.481. The Morgan fingerprint density at radius 3 is 1.44 bits per heavy atom. The molecule has 2 unspecified atom stereocenters. The van der Waals surface area contributed by atoms with Crippen molar-refractivity contribution in [2.45, 2.75) is 17.8 Å². The zero-order valence-corrected chi connectivity index (χ0v) is 38.1. The van der Waals surface area contributed by atoms with Gasteiger partial charge in [0.1, 0.15) is 17.3 Å². The molecule has 0 aromatic heterocycles. The average molecular weight is 910 g/mol. The molecule has 13 rings (SSSR count). The van der Waals surface area contributed by atoms with E-state index >= 15 is 8.78 Å². The van der Waals surface area contributed by atoms with E-state index in [1.54, 1.807) is 30.3 Å². The summed E-state index contributed by atoms with van der Waals surface area (Å²) in [6.07, 6.45) is 1.78. The highest BCUT2D eigenvalue weighted by Crippen LogP contribution is 2.64. The summed E-state index contributed by atoms with van der Waals surface area (Å²) in [5.41, 5.74) is 16.5. The molecule has 0 bridgehead atoms. The van der Waals surface area contributed by atoms with Crippen LogP contribution >= 0.6 is 0 Å². The largest absolute Gasteiger partial charge is 0.457 e. The van der Waals surface area contributed by atoms with Crippen molar-refractivity contribution in [3.63, 3.8) is 0 Å². The monoisotopic (exact) mass is 909 g/mol. The molecular formula is C65H42F3NO. The van der Waals surface area contributed by atoms with E-state index in [-0.39, 0.29) is 11.4 Å². The zero-order valence-electron chi connectivity index (χ0n) is 38.1. The molecule has 0 saturated heterocycles. The first-order chi connectivity index (χ1) is 34.3. The van der Waals surface area contributed by atoms with Crippen molar-refractivity contribution in [3.05, 3.63) is 298 Å². The van der Waals surface area contributed by atoms with Crippen LogP contribution in [0.15, 0.2) is 225 Å². The quantitative estimate of drug-likeness (QED) is 0.151. The van der Waals surface area contributed by atoms with E-state index in [9.17, 15) is 4.39 Å². The second-order valence-corrected chi connectivity index (χ2v) is 18.5. The predicted octanol–water partition coefficient (Wildman–Crippen LogP) is 17.0. The SMILES string of the molecule is C=Cc1ccc(Oc2ccc(C3(c4cccc(F)c4F)c4ccccc4-c4ccc(N(c5ccc(F)cc5)c5ccc6c(c5)C5(c7ccccc7-c7ccc(C)cc75)c5ccccc5-6)cc43)cc2)cc1. The summed E-state index contributed by atoms with van der Waals surface area (Å²) in [6.45, 7) is 6.01. The minimum Gasteiger partial charge on any atom is -0.457 e. The van der Waals surface area contributed by atoms with Crippen molar-refractivity contribution >= 4 is 23.1 Å². The highest BCUT2D eigenvalue weighted by molar-refractivity contribution is 5.97. The van der Waals surface area contributed by atoms with Crippen molar-refractivity contribution in [1.82, 2.24) is 0 Å². The third kappa shape index (κ3) is 5.88. The highest BCUT2D eigenvalue weighted by atomic mass is 19.2. The fourth-order valence-electron chi connectivity index (χ4n) is 12.0. The number of halogens is 3. The Hall–Kier alpha value is -8.67. The summed E-state index contributed by atoms with van der Waals surface area (Å²) < 4.78 is 54.1. The number of aryl methyl sites for hydroxylation is 1. The number of rotatable bonds is 8. The number of anilines is 3. The molecule has 0 N–H and O–H groups in total. The molecule has 0 heterocycles. The molecule has 334 valence electrons. The lowest BCUT2D eigenvalue weighted by Crippen LogP contribution is -2.30. The molecule has 10 aromatic carbocycles. The summed E-state index contributed by atoms with van der Waals surface area (Å²) in [6, 6.07) is 71.5. The Labute approximate surface area is 404 Å². The van der Waals surface area contributed by atoms with Crippen LogP contribution in [0, 0.1) is 24.4 Å². The molecule has 0 amide bonds. The molecule has 0 saturated carbocycles. The lowest BCUT2D eigenvalue weighted by atomic mass is 9.67. The lowest BCUT2D eigenvalue weighted by Gasteiger charge is -2.35.